The van der Waals surface area contributed by atoms with E-state index in [0.29, 0.717) is 0 Å². The smallest absolute Gasteiger partial charge is 0.0822 e. The number of piperidine rings is 1. The lowest BCUT2D eigenvalue weighted by Gasteiger charge is -2.41. The molecule has 2 rings (SSSR count). The molecule has 0 aromatic heterocycles. The quantitative estimate of drug-likeness (QED) is 0.779. The van der Waals surface area contributed by atoms with Crippen molar-refractivity contribution in [1.82, 2.24) is 9.80 Å². The van der Waals surface area contributed by atoms with Gasteiger partial charge >= 0.3 is 0 Å². The minimum Gasteiger partial charge on any atom is -0.390 e. The van der Waals surface area contributed by atoms with E-state index in [9.17, 15) is 5.11 Å². The van der Waals surface area contributed by atoms with Crippen LogP contribution in [0, 0.1) is 0 Å². The summed E-state index contributed by atoms with van der Waals surface area (Å²) in [6, 6.07) is 10.6. The maximum Gasteiger partial charge on any atom is 0.0822 e. The summed E-state index contributed by atoms with van der Waals surface area (Å²) >= 11 is 0. The first kappa shape index (κ1) is 16.0. The van der Waals surface area contributed by atoms with E-state index < -0.39 is 0 Å². The van der Waals surface area contributed by atoms with E-state index in [1.807, 2.05) is 18.2 Å². The number of likely N-dealkylation sites (tertiary alicyclic amines) is 1. The molecule has 1 aromatic carbocycles. The summed E-state index contributed by atoms with van der Waals surface area (Å²) in [4.78, 5) is 4.58. The molecule has 0 aliphatic carbocycles. The zero-order chi connectivity index (χ0) is 15.1. The van der Waals surface area contributed by atoms with Gasteiger partial charge in [-0.25, -0.2) is 0 Å². The number of hydrogen-bond acceptors (Lipinski definition) is 3. The average molecular weight is 286 g/mol. The van der Waals surface area contributed by atoms with Crippen LogP contribution in [0.15, 0.2) is 55.6 Å². The van der Waals surface area contributed by atoms with Crippen LogP contribution in [0.3, 0.4) is 0 Å². The Morgan fingerprint density at radius 2 is 1.86 bits per heavy atom. The Kier molecular flexibility index (Phi) is 6.18. The highest BCUT2D eigenvalue weighted by Gasteiger charge is 2.31. The highest BCUT2D eigenvalue weighted by Crippen LogP contribution is 2.19. The first-order chi connectivity index (χ1) is 10.2. The fourth-order valence-electron chi connectivity index (χ4n) is 3.07. The van der Waals surface area contributed by atoms with E-state index >= 15 is 0 Å². The first-order valence-corrected chi connectivity index (χ1v) is 7.64. The highest BCUT2D eigenvalue weighted by atomic mass is 16.3. The summed E-state index contributed by atoms with van der Waals surface area (Å²) in [5.41, 5.74) is 1.30. The maximum atomic E-state index is 10.5. The largest absolute Gasteiger partial charge is 0.390 e. The molecule has 1 heterocycles. The number of nitrogens with zero attached hydrogens (tertiary/aromatic N) is 2. The predicted octanol–water partition coefficient (Wildman–Crippen LogP) is 2.30. The zero-order valence-electron chi connectivity index (χ0n) is 12.7. The van der Waals surface area contributed by atoms with Crippen LogP contribution in [0.1, 0.15) is 12.0 Å². The van der Waals surface area contributed by atoms with Crippen molar-refractivity contribution < 1.29 is 5.11 Å². The van der Waals surface area contributed by atoms with Crippen LogP contribution in [0.2, 0.25) is 0 Å². The van der Waals surface area contributed by atoms with Crippen molar-refractivity contribution in [3.05, 3.63) is 61.2 Å². The molecule has 2 atom stereocenters. The lowest BCUT2D eigenvalue weighted by molar-refractivity contribution is -0.00780. The fourth-order valence-corrected chi connectivity index (χ4v) is 3.07. The van der Waals surface area contributed by atoms with Crippen molar-refractivity contribution in [3.8, 4) is 0 Å². The third-order valence-electron chi connectivity index (χ3n) is 4.08. The molecular weight excluding hydrogens is 260 g/mol. The molecule has 1 aromatic rings. The molecule has 3 heteroatoms. The highest BCUT2D eigenvalue weighted by molar-refractivity contribution is 5.14. The number of hydrogen-bond donors (Lipinski definition) is 1. The van der Waals surface area contributed by atoms with Gasteiger partial charge in [0.1, 0.15) is 0 Å². The molecule has 3 nitrogen and oxygen atoms in total. The summed E-state index contributed by atoms with van der Waals surface area (Å²) in [7, 11) is 0. The summed E-state index contributed by atoms with van der Waals surface area (Å²) in [5.74, 6) is 0. The van der Waals surface area contributed by atoms with Gasteiger partial charge in [0.15, 0.2) is 0 Å². The Bertz CT molecular complexity index is 436. The summed E-state index contributed by atoms with van der Waals surface area (Å²) in [6.45, 7) is 11.9. The monoisotopic (exact) mass is 286 g/mol. The first-order valence-electron chi connectivity index (χ1n) is 7.64. The standard InChI is InChI=1S/C18H26N2O/c1-3-11-20(12-4-2)17-10-13-19(15-18(17)21)14-16-8-6-5-7-9-16/h3-9,17-18,21H,1-2,10-15H2. The van der Waals surface area contributed by atoms with Crippen molar-refractivity contribution in [2.24, 2.45) is 0 Å². The topological polar surface area (TPSA) is 26.7 Å². The summed E-state index contributed by atoms with van der Waals surface area (Å²) < 4.78 is 0. The molecule has 21 heavy (non-hydrogen) atoms. The third kappa shape index (κ3) is 4.53. The molecule has 1 N–H and O–H groups in total. The minimum absolute atomic E-state index is 0.202. The molecule has 0 saturated carbocycles. The molecule has 0 amide bonds. The summed E-state index contributed by atoms with van der Waals surface area (Å²) in [5, 5.41) is 10.5. The number of benzene rings is 1. The van der Waals surface area contributed by atoms with Gasteiger partial charge in [0.25, 0.3) is 0 Å². The fraction of sp³-hybridized carbons (Fsp3) is 0.444. The molecule has 0 radical (unpaired) electrons. The van der Waals surface area contributed by atoms with Crippen LogP contribution < -0.4 is 0 Å². The molecule has 1 fully saturated rings. The SMILES string of the molecule is C=CCN(CC=C)C1CCN(Cc2ccccc2)CC1O. The van der Waals surface area contributed by atoms with Crippen LogP contribution in [-0.4, -0.2) is 53.2 Å². The normalized spacial score (nSPS) is 23.1. The van der Waals surface area contributed by atoms with Crippen molar-refractivity contribution in [1.29, 1.82) is 0 Å². The van der Waals surface area contributed by atoms with Gasteiger partial charge in [-0.2, -0.15) is 0 Å². The molecule has 2 unspecified atom stereocenters. The Balaban J connectivity index is 1.91. The van der Waals surface area contributed by atoms with Gasteiger partial charge in [-0.1, -0.05) is 42.5 Å². The number of rotatable bonds is 7. The van der Waals surface area contributed by atoms with Gasteiger partial charge in [-0.15, -0.1) is 13.2 Å². The lowest BCUT2D eigenvalue weighted by atomic mass is 9.99. The van der Waals surface area contributed by atoms with Crippen LogP contribution >= 0.6 is 0 Å². The van der Waals surface area contributed by atoms with Gasteiger partial charge in [0, 0.05) is 38.8 Å². The van der Waals surface area contributed by atoms with E-state index in [-0.39, 0.29) is 12.1 Å². The van der Waals surface area contributed by atoms with Crippen LogP contribution in [0.4, 0.5) is 0 Å². The van der Waals surface area contributed by atoms with Crippen LogP contribution in [0.25, 0.3) is 0 Å². The Hall–Kier alpha value is -1.42. The van der Waals surface area contributed by atoms with E-state index in [2.05, 4.69) is 47.2 Å². The Morgan fingerprint density at radius 1 is 1.19 bits per heavy atom. The van der Waals surface area contributed by atoms with Crippen molar-refractivity contribution in [3.63, 3.8) is 0 Å². The molecule has 0 spiro atoms. The Labute approximate surface area is 128 Å². The predicted molar refractivity (Wildman–Crippen MR) is 88.1 cm³/mol. The number of aliphatic hydroxyl groups excluding tert-OH is 1. The molecule has 0 bridgehead atoms. The van der Waals surface area contributed by atoms with E-state index in [4.69, 9.17) is 0 Å². The minimum atomic E-state index is -0.317. The Morgan fingerprint density at radius 3 is 2.43 bits per heavy atom. The van der Waals surface area contributed by atoms with Crippen molar-refractivity contribution in [2.45, 2.75) is 25.1 Å². The average Bonchev–Trinajstić information content (AvgIpc) is 2.48. The van der Waals surface area contributed by atoms with Gasteiger partial charge < -0.3 is 5.11 Å². The van der Waals surface area contributed by atoms with Gasteiger partial charge in [-0.05, 0) is 12.0 Å². The van der Waals surface area contributed by atoms with Crippen molar-refractivity contribution in [2.75, 3.05) is 26.2 Å². The second-order valence-corrected chi connectivity index (χ2v) is 5.68. The summed E-state index contributed by atoms with van der Waals surface area (Å²) in [6.07, 6.45) is 4.46. The molecule has 1 aliphatic heterocycles. The zero-order valence-corrected chi connectivity index (χ0v) is 12.7. The van der Waals surface area contributed by atoms with Crippen LogP contribution in [0.5, 0.6) is 0 Å². The molecular formula is C18H26N2O. The van der Waals surface area contributed by atoms with Gasteiger partial charge in [0.05, 0.1) is 6.10 Å². The number of β-amino-alcohol motifs (C(OH)–C–C–N with tert-alkyl or cyclic N) is 1. The van der Waals surface area contributed by atoms with E-state index in [1.54, 1.807) is 0 Å². The lowest BCUT2D eigenvalue weighted by Crippen LogP contribution is -2.54. The number of aliphatic hydroxyl groups is 1. The maximum absolute atomic E-state index is 10.5. The second kappa shape index (κ2) is 8.13. The van der Waals surface area contributed by atoms with Crippen molar-refractivity contribution >= 4 is 0 Å². The molecule has 114 valence electrons. The van der Waals surface area contributed by atoms with Gasteiger partial charge in [-0.3, -0.25) is 9.80 Å². The second-order valence-electron chi connectivity index (χ2n) is 5.68. The van der Waals surface area contributed by atoms with Crippen LogP contribution in [-0.2, 0) is 6.54 Å². The van der Waals surface area contributed by atoms with E-state index in [1.165, 1.54) is 5.56 Å². The molecule has 1 aliphatic rings. The van der Waals surface area contributed by atoms with E-state index in [0.717, 1.165) is 39.1 Å². The molecule has 1 saturated heterocycles. The van der Waals surface area contributed by atoms with Gasteiger partial charge in [0.2, 0.25) is 0 Å². The third-order valence-corrected chi connectivity index (χ3v) is 4.08.